The van der Waals surface area contributed by atoms with Gasteiger partial charge < -0.3 is 10.4 Å². The Bertz CT molecular complexity index is 587. The van der Waals surface area contributed by atoms with Crippen LogP contribution in [0, 0.1) is 5.92 Å². The van der Waals surface area contributed by atoms with Crippen molar-refractivity contribution >= 4 is 0 Å². The largest absolute Gasteiger partial charge is 0.389 e. The van der Waals surface area contributed by atoms with Gasteiger partial charge >= 0.3 is 0 Å². The third-order valence-corrected chi connectivity index (χ3v) is 4.95. The molecule has 0 aliphatic carbocycles. The predicted octanol–water partition coefficient (Wildman–Crippen LogP) is 2.99. The Labute approximate surface area is 138 Å². The van der Waals surface area contributed by atoms with Crippen LogP contribution in [-0.2, 0) is 12.8 Å². The fourth-order valence-electron chi connectivity index (χ4n) is 3.60. The van der Waals surface area contributed by atoms with Crippen molar-refractivity contribution < 1.29 is 5.11 Å². The van der Waals surface area contributed by atoms with Gasteiger partial charge in [0.2, 0.25) is 0 Å². The lowest BCUT2D eigenvalue weighted by atomic mass is 9.75. The van der Waals surface area contributed by atoms with Gasteiger partial charge in [0.15, 0.2) is 0 Å². The Morgan fingerprint density at radius 2 is 1.96 bits per heavy atom. The Morgan fingerprint density at radius 1 is 1.13 bits per heavy atom. The third-order valence-electron chi connectivity index (χ3n) is 4.95. The number of piperidine rings is 1. The van der Waals surface area contributed by atoms with Crippen LogP contribution in [0.2, 0.25) is 0 Å². The minimum Gasteiger partial charge on any atom is -0.389 e. The lowest BCUT2D eigenvalue weighted by Crippen LogP contribution is -2.51. The molecule has 0 spiro atoms. The van der Waals surface area contributed by atoms with Gasteiger partial charge in [-0.3, -0.25) is 4.98 Å². The summed E-state index contributed by atoms with van der Waals surface area (Å²) in [5.41, 5.74) is 1.78. The van der Waals surface area contributed by atoms with Gasteiger partial charge in [0.1, 0.15) is 0 Å². The highest BCUT2D eigenvalue weighted by molar-refractivity contribution is 5.18. The van der Waals surface area contributed by atoms with Crippen molar-refractivity contribution in [2.24, 2.45) is 5.92 Å². The number of nitrogens with one attached hydrogen (secondary N) is 1. The first-order valence-electron chi connectivity index (χ1n) is 8.63. The summed E-state index contributed by atoms with van der Waals surface area (Å²) in [6.07, 6.45) is 6.52. The zero-order valence-corrected chi connectivity index (χ0v) is 13.6. The van der Waals surface area contributed by atoms with E-state index in [2.05, 4.69) is 40.6 Å². The van der Waals surface area contributed by atoms with Gasteiger partial charge in [-0.05, 0) is 49.9 Å². The molecule has 0 radical (unpaired) electrons. The van der Waals surface area contributed by atoms with Crippen LogP contribution in [0.1, 0.15) is 30.5 Å². The third kappa shape index (κ3) is 4.40. The van der Waals surface area contributed by atoms with Gasteiger partial charge in [-0.25, -0.2) is 0 Å². The fourth-order valence-corrected chi connectivity index (χ4v) is 3.60. The number of aryl methyl sites for hydroxylation is 1. The van der Waals surface area contributed by atoms with Crippen molar-refractivity contribution in [1.82, 2.24) is 10.3 Å². The Balaban J connectivity index is 1.59. The number of pyridine rings is 1. The second kappa shape index (κ2) is 7.71. The number of aromatic nitrogens is 1. The molecule has 2 heterocycles. The average molecular weight is 310 g/mol. The quantitative estimate of drug-likeness (QED) is 0.862. The normalized spacial score (nSPS) is 24.5. The van der Waals surface area contributed by atoms with Crippen molar-refractivity contribution in [2.75, 3.05) is 13.1 Å². The number of hydrogen-bond acceptors (Lipinski definition) is 3. The molecule has 1 aliphatic rings. The van der Waals surface area contributed by atoms with Crippen LogP contribution in [0.25, 0.3) is 0 Å². The molecule has 3 rings (SSSR count). The molecule has 1 aromatic heterocycles. The second-order valence-corrected chi connectivity index (χ2v) is 6.63. The molecule has 3 nitrogen and oxygen atoms in total. The molecule has 23 heavy (non-hydrogen) atoms. The van der Waals surface area contributed by atoms with E-state index in [1.807, 2.05) is 24.4 Å². The SMILES string of the molecule is OC1(Cc2ccccc2)CCNCC1CCCc1ccccn1. The van der Waals surface area contributed by atoms with Crippen molar-refractivity contribution in [2.45, 2.75) is 37.7 Å². The highest BCUT2D eigenvalue weighted by Gasteiger charge is 2.38. The number of hydrogen-bond donors (Lipinski definition) is 2. The zero-order chi connectivity index (χ0) is 16.0. The fraction of sp³-hybridized carbons (Fsp3) is 0.450. The van der Waals surface area contributed by atoms with Crippen LogP contribution < -0.4 is 5.32 Å². The number of benzene rings is 1. The summed E-state index contributed by atoms with van der Waals surface area (Å²) in [5.74, 6) is 0.306. The van der Waals surface area contributed by atoms with Gasteiger partial charge in [-0.1, -0.05) is 36.4 Å². The van der Waals surface area contributed by atoms with Gasteiger partial charge in [-0.2, -0.15) is 0 Å². The van der Waals surface area contributed by atoms with Gasteiger partial charge in [0.05, 0.1) is 5.60 Å². The summed E-state index contributed by atoms with van der Waals surface area (Å²) in [4.78, 5) is 4.39. The molecular formula is C20H26N2O. The lowest BCUT2D eigenvalue weighted by molar-refractivity contribution is -0.0437. The number of aliphatic hydroxyl groups is 1. The summed E-state index contributed by atoms with van der Waals surface area (Å²) in [5, 5.41) is 14.7. The second-order valence-electron chi connectivity index (χ2n) is 6.63. The first-order valence-corrected chi connectivity index (χ1v) is 8.63. The van der Waals surface area contributed by atoms with Crippen molar-refractivity contribution in [3.05, 3.63) is 66.0 Å². The molecular weight excluding hydrogens is 284 g/mol. The van der Waals surface area contributed by atoms with Crippen LogP contribution in [0.15, 0.2) is 54.7 Å². The molecule has 0 bridgehead atoms. The molecule has 1 aromatic carbocycles. The maximum Gasteiger partial charge on any atom is 0.0740 e. The zero-order valence-electron chi connectivity index (χ0n) is 13.6. The Kier molecular flexibility index (Phi) is 5.42. The minimum absolute atomic E-state index is 0.306. The average Bonchev–Trinajstić information content (AvgIpc) is 2.58. The molecule has 0 saturated carbocycles. The molecule has 1 saturated heterocycles. The van der Waals surface area contributed by atoms with E-state index >= 15 is 0 Å². The van der Waals surface area contributed by atoms with Gasteiger partial charge in [-0.15, -0.1) is 0 Å². The molecule has 1 fully saturated rings. The maximum atomic E-state index is 11.2. The first kappa shape index (κ1) is 16.2. The smallest absolute Gasteiger partial charge is 0.0740 e. The number of nitrogens with zero attached hydrogens (tertiary/aromatic N) is 1. The van der Waals surface area contributed by atoms with Crippen molar-refractivity contribution in [1.29, 1.82) is 0 Å². The van der Waals surface area contributed by atoms with Crippen molar-refractivity contribution in [3.8, 4) is 0 Å². The van der Waals surface area contributed by atoms with Crippen LogP contribution in [0.5, 0.6) is 0 Å². The topological polar surface area (TPSA) is 45.1 Å². The molecule has 1 aliphatic heterocycles. The van der Waals surface area contributed by atoms with Crippen LogP contribution in [0.3, 0.4) is 0 Å². The van der Waals surface area contributed by atoms with E-state index in [1.165, 1.54) is 5.56 Å². The van der Waals surface area contributed by atoms with E-state index in [0.717, 1.165) is 50.9 Å². The Morgan fingerprint density at radius 3 is 2.74 bits per heavy atom. The highest BCUT2D eigenvalue weighted by Crippen LogP contribution is 2.32. The predicted molar refractivity (Wildman–Crippen MR) is 93.2 cm³/mol. The minimum atomic E-state index is -0.587. The molecule has 0 amide bonds. The summed E-state index contributed by atoms with van der Waals surface area (Å²) < 4.78 is 0. The van der Waals surface area contributed by atoms with E-state index in [1.54, 1.807) is 0 Å². The van der Waals surface area contributed by atoms with E-state index in [-0.39, 0.29) is 0 Å². The Hall–Kier alpha value is -1.71. The summed E-state index contributed by atoms with van der Waals surface area (Å²) in [7, 11) is 0. The molecule has 122 valence electrons. The lowest BCUT2D eigenvalue weighted by Gasteiger charge is -2.41. The summed E-state index contributed by atoms with van der Waals surface area (Å²) >= 11 is 0. The van der Waals surface area contributed by atoms with Crippen LogP contribution in [0.4, 0.5) is 0 Å². The summed E-state index contributed by atoms with van der Waals surface area (Å²) in [6, 6.07) is 16.4. The van der Waals surface area contributed by atoms with Crippen LogP contribution in [-0.4, -0.2) is 28.8 Å². The monoisotopic (exact) mass is 310 g/mol. The molecule has 3 heteroatoms. The molecule has 2 unspecified atom stereocenters. The highest BCUT2D eigenvalue weighted by atomic mass is 16.3. The van der Waals surface area contributed by atoms with E-state index in [0.29, 0.717) is 5.92 Å². The van der Waals surface area contributed by atoms with Crippen LogP contribution >= 0.6 is 0 Å². The molecule has 2 aromatic rings. The molecule has 2 N–H and O–H groups in total. The maximum absolute atomic E-state index is 11.2. The summed E-state index contributed by atoms with van der Waals surface area (Å²) in [6.45, 7) is 1.81. The standard InChI is InChI=1S/C20H26N2O/c23-20(15-17-7-2-1-3-8-17)12-14-21-16-18(20)9-6-11-19-10-4-5-13-22-19/h1-5,7-8,10,13,18,21,23H,6,9,11-12,14-16H2. The first-order chi connectivity index (χ1) is 11.3. The van der Waals surface area contributed by atoms with Gasteiger partial charge in [0, 0.05) is 30.8 Å². The molecule has 2 atom stereocenters. The van der Waals surface area contributed by atoms with Crippen molar-refractivity contribution in [3.63, 3.8) is 0 Å². The van der Waals surface area contributed by atoms with E-state index in [9.17, 15) is 5.11 Å². The van der Waals surface area contributed by atoms with Gasteiger partial charge in [0.25, 0.3) is 0 Å². The number of rotatable bonds is 6. The van der Waals surface area contributed by atoms with E-state index < -0.39 is 5.60 Å². The van der Waals surface area contributed by atoms with E-state index in [4.69, 9.17) is 0 Å².